The molecule has 3 nitrogen and oxygen atoms in total. The van der Waals surface area contributed by atoms with Crippen LogP contribution in [0.3, 0.4) is 0 Å². The minimum atomic E-state index is 0.187. The molecular weight excluding hydrogens is 200 g/mol. The van der Waals surface area contributed by atoms with Gasteiger partial charge in [0.25, 0.3) is 0 Å². The van der Waals surface area contributed by atoms with Crippen molar-refractivity contribution in [2.75, 3.05) is 19.7 Å². The average molecular weight is 228 g/mol. The summed E-state index contributed by atoms with van der Waals surface area (Å²) in [5.74, 6) is 0. The summed E-state index contributed by atoms with van der Waals surface area (Å²) in [6, 6.07) is 0.565. The third kappa shape index (κ3) is 2.96. The molecular formula is C13H28N2O. The van der Waals surface area contributed by atoms with E-state index in [2.05, 4.69) is 39.9 Å². The van der Waals surface area contributed by atoms with Gasteiger partial charge in [-0.25, -0.2) is 0 Å². The number of nitrogens with one attached hydrogen (secondary N) is 1. The Labute approximate surface area is 100 Å². The Morgan fingerprint density at radius 1 is 1.44 bits per heavy atom. The lowest BCUT2D eigenvalue weighted by Gasteiger charge is -2.52. The van der Waals surface area contributed by atoms with Gasteiger partial charge in [-0.15, -0.1) is 0 Å². The Balaban J connectivity index is 2.36. The van der Waals surface area contributed by atoms with Crippen LogP contribution in [0, 0.1) is 10.8 Å². The number of rotatable bonds is 6. The second-order valence-electron chi connectivity index (χ2n) is 6.30. The number of hydrogen-bond donors (Lipinski definition) is 2. The normalized spacial score (nSPS) is 28.9. The Bertz CT molecular complexity index is 226. The van der Waals surface area contributed by atoms with Crippen LogP contribution >= 0.6 is 0 Å². The van der Waals surface area contributed by atoms with Crippen LogP contribution in [-0.4, -0.2) is 31.8 Å². The highest BCUT2D eigenvalue weighted by molar-refractivity contribution is 5.03. The third-order valence-electron chi connectivity index (χ3n) is 3.93. The van der Waals surface area contributed by atoms with Crippen molar-refractivity contribution in [1.29, 1.82) is 0 Å². The minimum Gasteiger partial charge on any atom is -0.378 e. The Morgan fingerprint density at radius 2 is 2.06 bits per heavy atom. The molecule has 0 radical (unpaired) electrons. The van der Waals surface area contributed by atoms with Gasteiger partial charge in [0.1, 0.15) is 0 Å². The SMILES string of the molecule is CCOC1CC(NCC(C)(C)CN)C1(C)C. The first-order chi connectivity index (χ1) is 7.33. The zero-order valence-corrected chi connectivity index (χ0v) is 11.5. The van der Waals surface area contributed by atoms with Gasteiger partial charge in [-0.1, -0.05) is 27.7 Å². The van der Waals surface area contributed by atoms with E-state index >= 15 is 0 Å². The molecule has 1 saturated carbocycles. The predicted molar refractivity (Wildman–Crippen MR) is 68.4 cm³/mol. The van der Waals surface area contributed by atoms with Crippen molar-refractivity contribution in [3.63, 3.8) is 0 Å². The summed E-state index contributed by atoms with van der Waals surface area (Å²) in [5.41, 5.74) is 6.17. The lowest BCUT2D eigenvalue weighted by Crippen LogP contribution is -2.62. The second kappa shape index (κ2) is 5.03. The maximum Gasteiger partial charge on any atom is 0.0655 e. The zero-order chi connectivity index (χ0) is 12.4. The van der Waals surface area contributed by atoms with Crippen molar-refractivity contribution >= 4 is 0 Å². The molecule has 0 bridgehead atoms. The summed E-state index contributed by atoms with van der Waals surface area (Å²) in [4.78, 5) is 0. The summed E-state index contributed by atoms with van der Waals surface area (Å²) in [7, 11) is 0. The molecule has 0 saturated heterocycles. The largest absolute Gasteiger partial charge is 0.378 e. The molecule has 1 aliphatic rings. The fourth-order valence-electron chi connectivity index (χ4n) is 2.19. The monoisotopic (exact) mass is 228 g/mol. The number of nitrogens with two attached hydrogens (primary N) is 1. The van der Waals surface area contributed by atoms with Crippen LogP contribution in [0.15, 0.2) is 0 Å². The van der Waals surface area contributed by atoms with E-state index in [0.717, 1.165) is 26.1 Å². The highest BCUT2D eigenvalue weighted by atomic mass is 16.5. The molecule has 0 amide bonds. The molecule has 1 rings (SSSR count). The first-order valence-corrected chi connectivity index (χ1v) is 6.38. The fourth-order valence-corrected chi connectivity index (χ4v) is 2.19. The van der Waals surface area contributed by atoms with E-state index < -0.39 is 0 Å². The molecule has 0 aromatic heterocycles. The van der Waals surface area contributed by atoms with Gasteiger partial charge < -0.3 is 15.8 Å². The van der Waals surface area contributed by atoms with Crippen LogP contribution < -0.4 is 11.1 Å². The fraction of sp³-hybridized carbons (Fsp3) is 1.00. The Hall–Kier alpha value is -0.120. The summed E-state index contributed by atoms with van der Waals surface area (Å²) in [6.07, 6.45) is 1.54. The molecule has 0 aliphatic heterocycles. The quantitative estimate of drug-likeness (QED) is 0.728. The summed E-state index contributed by atoms with van der Waals surface area (Å²) in [6.45, 7) is 13.5. The molecule has 0 aromatic rings. The standard InChI is InChI=1S/C13H28N2O/c1-6-16-11-7-10(13(11,4)5)15-9-12(2,3)8-14/h10-11,15H,6-9,14H2,1-5H3. The van der Waals surface area contributed by atoms with Crippen molar-refractivity contribution in [2.45, 2.75) is 53.2 Å². The molecule has 0 heterocycles. The lowest BCUT2D eigenvalue weighted by molar-refractivity contribution is -0.115. The molecule has 2 unspecified atom stereocenters. The van der Waals surface area contributed by atoms with Gasteiger partial charge in [0, 0.05) is 24.6 Å². The van der Waals surface area contributed by atoms with Crippen molar-refractivity contribution in [3.8, 4) is 0 Å². The van der Waals surface area contributed by atoms with Crippen LogP contribution in [0.4, 0.5) is 0 Å². The van der Waals surface area contributed by atoms with E-state index in [-0.39, 0.29) is 10.8 Å². The maximum absolute atomic E-state index is 5.73. The molecule has 1 aliphatic carbocycles. The van der Waals surface area contributed by atoms with Crippen LogP contribution in [0.5, 0.6) is 0 Å². The van der Waals surface area contributed by atoms with E-state index in [4.69, 9.17) is 10.5 Å². The number of hydrogen-bond acceptors (Lipinski definition) is 3. The van der Waals surface area contributed by atoms with Crippen molar-refractivity contribution in [2.24, 2.45) is 16.6 Å². The molecule has 3 heteroatoms. The van der Waals surface area contributed by atoms with Crippen LogP contribution in [0.2, 0.25) is 0 Å². The molecule has 1 fully saturated rings. The van der Waals surface area contributed by atoms with Gasteiger partial charge in [-0.05, 0) is 25.3 Å². The first-order valence-electron chi connectivity index (χ1n) is 6.38. The minimum absolute atomic E-state index is 0.187. The smallest absolute Gasteiger partial charge is 0.0655 e. The van der Waals surface area contributed by atoms with Gasteiger partial charge in [0.2, 0.25) is 0 Å². The Kier molecular flexibility index (Phi) is 4.38. The predicted octanol–water partition coefficient (Wildman–Crippen LogP) is 1.76. The second-order valence-corrected chi connectivity index (χ2v) is 6.30. The molecule has 16 heavy (non-hydrogen) atoms. The first kappa shape index (κ1) is 13.9. The van der Waals surface area contributed by atoms with E-state index in [0.29, 0.717) is 12.1 Å². The van der Waals surface area contributed by atoms with E-state index in [1.807, 2.05) is 0 Å². The van der Waals surface area contributed by atoms with E-state index in [9.17, 15) is 0 Å². The molecule has 96 valence electrons. The van der Waals surface area contributed by atoms with E-state index in [1.54, 1.807) is 0 Å². The van der Waals surface area contributed by atoms with Gasteiger partial charge in [0.15, 0.2) is 0 Å². The lowest BCUT2D eigenvalue weighted by atomic mass is 9.64. The molecule has 0 aromatic carbocycles. The van der Waals surface area contributed by atoms with E-state index in [1.165, 1.54) is 0 Å². The number of ether oxygens (including phenoxy) is 1. The third-order valence-corrected chi connectivity index (χ3v) is 3.93. The topological polar surface area (TPSA) is 47.3 Å². The highest BCUT2D eigenvalue weighted by Gasteiger charge is 2.48. The summed E-state index contributed by atoms with van der Waals surface area (Å²) in [5, 5.41) is 3.63. The van der Waals surface area contributed by atoms with Gasteiger partial charge in [-0.2, -0.15) is 0 Å². The van der Waals surface area contributed by atoms with Crippen LogP contribution in [-0.2, 0) is 4.74 Å². The molecule has 2 atom stereocenters. The van der Waals surface area contributed by atoms with Crippen molar-refractivity contribution in [1.82, 2.24) is 5.32 Å². The summed E-state index contributed by atoms with van der Waals surface area (Å²) >= 11 is 0. The highest BCUT2D eigenvalue weighted by Crippen LogP contribution is 2.42. The van der Waals surface area contributed by atoms with Crippen LogP contribution in [0.1, 0.15) is 41.0 Å². The molecule has 0 spiro atoms. The molecule has 3 N–H and O–H groups in total. The van der Waals surface area contributed by atoms with Gasteiger partial charge in [-0.3, -0.25) is 0 Å². The van der Waals surface area contributed by atoms with Gasteiger partial charge in [0.05, 0.1) is 6.10 Å². The summed E-state index contributed by atoms with van der Waals surface area (Å²) < 4.78 is 5.72. The zero-order valence-electron chi connectivity index (χ0n) is 11.5. The van der Waals surface area contributed by atoms with Crippen molar-refractivity contribution < 1.29 is 4.74 Å². The van der Waals surface area contributed by atoms with Gasteiger partial charge >= 0.3 is 0 Å². The maximum atomic E-state index is 5.73. The Morgan fingerprint density at radius 3 is 2.50 bits per heavy atom. The van der Waals surface area contributed by atoms with Crippen molar-refractivity contribution in [3.05, 3.63) is 0 Å². The van der Waals surface area contributed by atoms with Crippen LogP contribution in [0.25, 0.3) is 0 Å². The average Bonchev–Trinajstić information content (AvgIpc) is 2.22.